The van der Waals surface area contributed by atoms with E-state index >= 15 is 0 Å². The third kappa shape index (κ3) is 2.85. The number of fused-ring (bicyclic) bond motifs is 1. The summed E-state index contributed by atoms with van der Waals surface area (Å²) >= 11 is 0. The number of anilines is 1. The zero-order valence-corrected chi connectivity index (χ0v) is 12.0. The molecule has 108 valence electrons. The van der Waals surface area contributed by atoms with Crippen LogP contribution in [0.15, 0.2) is 40.9 Å². The molecule has 2 aromatic heterocycles. The van der Waals surface area contributed by atoms with E-state index in [1.54, 1.807) is 6.20 Å². The van der Waals surface area contributed by atoms with E-state index in [0.29, 0.717) is 18.5 Å². The maximum Gasteiger partial charge on any atom is 0.315 e. The highest BCUT2D eigenvalue weighted by atomic mass is 16.4. The molecule has 6 nitrogen and oxygen atoms in total. The van der Waals surface area contributed by atoms with Crippen LogP contribution < -0.4 is 10.6 Å². The third-order valence-electron chi connectivity index (χ3n) is 3.39. The molecule has 1 aromatic carbocycles. The molecule has 1 unspecified atom stereocenters. The molecule has 0 saturated carbocycles. The molecule has 0 bridgehead atoms. The minimum atomic E-state index is 0.0345. The fourth-order valence-electron chi connectivity index (χ4n) is 2.09. The van der Waals surface area contributed by atoms with E-state index in [0.717, 1.165) is 16.5 Å². The number of nitrogens with zero attached hydrogens (tertiary/aromatic N) is 3. The first kappa shape index (κ1) is 13.5. The maximum absolute atomic E-state index is 5.55. The Hall–Kier alpha value is -2.47. The van der Waals surface area contributed by atoms with Gasteiger partial charge in [-0.05, 0) is 25.6 Å². The molecule has 0 aliphatic rings. The van der Waals surface area contributed by atoms with Crippen molar-refractivity contribution in [1.82, 2.24) is 20.5 Å². The lowest BCUT2D eigenvalue weighted by Gasteiger charge is -2.06. The lowest BCUT2D eigenvalue weighted by Crippen LogP contribution is -2.12. The Labute approximate surface area is 122 Å². The van der Waals surface area contributed by atoms with Crippen molar-refractivity contribution in [3.8, 4) is 0 Å². The molecule has 0 aliphatic heterocycles. The lowest BCUT2D eigenvalue weighted by atomic mass is 10.1. The first-order valence-electron chi connectivity index (χ1n) is 6.85. The highest BCUT2D eigenvalue weighted by Crippen LogP contribution is 2.18. The largest absolute Gasteiger partial charge is 0.406 e. The zero-order chi connectivity index (χ0) is 14.7. The molecule has 2 heterocycles. The van der Waals surface area contributed by atoms with Gasteiger partial charge in [0.1, 0.15) is 0 Å². The number of benzene rings is 1. The van der Waals surface area contributed by atoms with E-state index in [9.17, 15) is 0 Å². The average Bonchev–Trinajstić information content (AvgIpc) is 3.01. The smallest absolute Gasteiger partial charge is 0.315 e. The second-order valence-corrected chi connectivity index (χ2v) is 4.80. The Balaban J connectivity index is 1.76. The van der Waals surface area contributed by atoms with E-state index in [1.807, 2.05) is 44.3 Å². The molecular formula is C15H17N5O. The Bertz CT molecular complexity index is 734. The topological polar surface area (TPSA) is 75.9 Å². The summed E-state index contributed by atoms with van der Waals surface area (Å²) in [7, 11) is 1.85. The van der Waals surface area contributed by atoms with Crippen LogP contribution in [0.1, 0.15) is 24.4 Å². The minimum absolute atomic E-state index is 0.0345. The molecule has 0 saturated heterocycles. The van der Waals surface area contributed by atoms with E-state index in [4.69, 9.17) is 4.42 Å². The molecule has 0 aliphatic carbocycles. The Kier molecular flexibility index (Phi) is 3.79. The van der Waals surface area contributed by atoms with Gasteiger partial charge in [0, 0.05) is 18.1 Å². The third-order valence-corrected chi connectivity index (χ3v) is 3.39. The summed E-state index contributed by atoms with van der Waals surface area (Å²) in [4.78, 5) is 4.42. The van der Waals surface area contributed by atoms with Crippen LogP contribution in [0.5, 0.6) is 0 Å². The van der Waals surface area contributed by atoms with Crippen LogP contribution in [-0.4, -0.2) is 22.2 Å². The molecule has 21 heavy (non-hydrogen) atoms. The van der Waals surface area contributed by atoms with Gasteiger partial charge in [-0.15, -0.1) is 5.10 Å². The normalized spacial score (nSPS) is 12.5. The zero-order valence-electron chi connectivity index (χ0n) is 12.0. The van der Waals surface area contributed by atoms with Crippen LogP contribution >= 0.6 is 0 Å². The van der Waals surface area contributed by atoms with E-state index in [-0.39, 0.29) is 6.04 Å². The maximum atomic E-state index is 5.55. The molecular weight excluding hydrogens is 266 g/mol. The van der Waals surface area contributed by atoms with Crippen molar-refractivity contribution >= 4 is 16.9 Å². The second-order valence-electron chi connectivity index (χ2n) is 4.80. The van der Waals surface area contributed by atoms with Crippen LogP contribution in [0.25, 0.3) is 10.9 Å². The van der Waals surface area contributed by atoms with Gasteiger partial charge in [-0.3, -0.25) is 4.98 Å². The molecule has 3 aromatic rings. The van der Waals surface area contributed by atoms with Gasteiger partial charge >= 0.3 is 6.01 Å². The number of rotatable bonds is 5. The predicted molar refractivity (Wildman–Crippen MR) is 80.8 cm³/mol. The summed E-state index contributed by atoms with van der Waals surface area (Å²) in [5, 5.41) is 15.3. The van der Waals surface area contributed by atoms with E-state index in [2.05, 4.69) is 25.8 Å². The summed E-state index contributed by atoms with van der Waals surface area (Å²) in [5.74, 6) is 0.566. The van der Waals surface area contributed by atoms with Gasteiger partial charge in [-0.25, -0.2) is 0 Å². The van der Waals surface area contributed by atoms with Gasteiger partial charge in [0.2, 0.25) is 5.89 Å². The molecule has 0 radical (unpaired) electrons. The van der Waals surface area contributed by atoms with Crippen LogP contribution in [0, 0.1) is 0 Å². The summed E-state index contributed by atoms with van der Waals surface area (Å²) in [6, 6.07) is 10.5. The number of pyridine rings is 1. The fraction of sp³-hybridized carbons (Fsp3) is 0.267. The SMILES string of the molecule is CNC(C)c1nnc(NCc2cccc3cccnc23)o1. The molecule has 1 atom stereocenters. The number of para-hydroxylation sites is 1. The molecule has 0 amide bonds. The summed E-state index contributed by atoms with van der Waals surface area (Å²) < 4.78 is 5.55. The quantitative estimate of drug-likeness (QED) is 0.749. The van der Waals surface area contributed by atoms with Gasteiger partial charge in [-0.1, -0.05) is 29.4 Å². The van der Waals surface area contributed by atoms with Gasteiger partial charge in [0.15, 0.2) is 0 Å². The standard InChI is InChI=1S/C15H17N5O/c1-10(16-2)14-19-20-15(21-14)18-9-12-6-3-5-11-7-4-8-17-13(11)12/h3-8,10,16H,9H2,1-2H3,(H,18,20). The van der Waals surface area contributed by atoms with Crippen molar-refractivity contribution in [2.24, 2.45) is 0 Å². The fourth-order valence-corrected chi connectivity index (χ4v) is 2.09. The summed E-state index contributed by atoms with van der Waals surface area (Å²) in [5.41, 5.74) is 2.07. The Morgan fingerprint density at radius 3 is 2.90 bits per heavy atom. The van der Waals surface area contributed by atoms with Crippen molar-refractivity contribution in [2.45, 2.75) is 19.5 Å². The van der Waals surface area contributed by atoms with Crippen molar-refractivity contribution in [3.63, 3.8) is 0 Å². The first-order valence-corrected chi connectivity index (χ1v) is 6.85. The van der Waals surface area contributed by atoms with E-state index in [1.165, 1.54) is 0 Å². The van der Waals surface area contributed by atoms with Gasteiger partial charge in [0.25, 0.3) is 0 Å². The summed E-state index contributed by atoms with van der Waals surface area (Å²) in [6.07, 6.45) is 1.80. The average molecular weight is 283 g/mol. The van der Waals surface area contributed by atoms with Crippen molar-refractivity contribution in [1.29, 1.82) is 0 Å². The van der Waals surface area contributed by atoms with Crippen molar-refractivity contribution in [3.05, 3.63) is 48.0 Å². The molecule has 0 fully saturated rings. The van der Waals surface area contributed by atoms with Gasteiger partial charge in [-0.2, -0.15) is 0 Å². The Morgan fingerprint density at radius 1 is 1.19 bits per heavy atom. The van der Waals surface area contributed by atoms with Crippen LogP contribution in [0.4, 0.5) is 6.01 Å². The first-order chi connectivity index (χ1) is 10.3. The van der Waals surface area contributed by atoms with Crippen LogP contribution in [0.3, 0.4) is 0 Å². The summed E-state index contributed by atoms with van der Waals surface area (Å²) in [6.45, 7) is 2.55. The van der Waals surface area contributed by atoms with Gasteiger partial charge < -0.3 is 15.1 Å². The predicted octanol–water partition coefficient (Wildman–Crippen LogP) is 2.51. The molecule has 0 spiro atoms. The monoisotopic (exact) mass is 283 g/mol. The minimum Gasteiger partial charge on any atom is -0.406 e. The number of hydrogen-bond acceptors (Lipinski definition) is 6. The molecule has 3 rings (SSSR count). The molecule has 2 N–H and O–H groups in total. The van der Waals surface area contributed by atoms with E-state index < -0.39 is 0 Å². The molecule has 6 heteroatoms. The second kappa shape index (κ2) is 5.88. The number of hydrogen-bond donors (Lipinski definition) is 2. The van der Waals surface area contributed by atoms with Crippen LogP contribution in [0.2, 0.25) is 0 Å². The van der Waals surface area contributed by atoms with Crippen LogP contribution in [-0.2, 0) is 6.54 Å². The highest BCUT2D eigenvalue weighted by Gasteiger charge is 2.11. The van der Waals surface area contributed by atoms with Gasteiger partial charge in [0.05, 0.1) is 11.6 Å². The lowest BCUT2D eigenvalue weighted by molar-refractivity contribution is 0.441. The van der Waals surface area contributed by atoms with Crippen molar-refractivity contribution in [2.75, 3.05) is 12.4 Å². The highest BCUT2D eigenvalue weighted by molar-refractivity contribution is 5.81. The number of nitrogens with one attached hydrogen (secondary N) is 2. The van der Waals surface area contributed by atoms with Crippen molar-refractivity contribution < 1.29 is 4.42 Å². The Morgan fingerprint density at radius 2 is 2.05 bits per heavy atom. The number of aromatic nitrogens is 3.